The highest BCUT2D eigenvalue weighted by Crippen LogP contribution is 2.38. The average molecular weight is 306 g/mol. The van der Waals surface area contributed by atoms with Crippen LogP contribution in [-0.4, -0.2) is 23.3 Å². The van der Waals surface area contributed by atoms with Crippen LogP contribution in [0.4, 0.5) is 0 Å². The van der Waals surface area contributed by atoms with Crippen molar-refractivity contribution in [1.29, 1.82) is 0 Å². The van der Waals surface area contributed by atoms with Crippen molar-refractivity contribution in [3.63, 3.8) is 0 Å². The van der Waals surface area contributed by atoms with E-state index in [9.17, 15) is 9.59 Å². The number of amides is 2. The molecule has 0 spiro atoms. The van der Waals surface area contributed by atoms with E-state index >= 15 is 0 Å². The minimum atomic E-state index is -0.237. The summed E-state index contributed by atoms with van der Waals surface area (Å²) >= 11 is 6.00. The number of aromatic nitrogens is 1. The molecule has 0 radical (unpaired) electrons. The van der Waals surface area contributed by atoms with Crippen LogP contribution in [0.15, 0.2) is 41.7 Å². The lowest BCUT2D eigenvalue weighted by molar-refractivity contribution is -0.697. The van der Waals surface area contributed by atoms with Gasteiger partial charge in [-0.2, -0.15) is 0 Å². The molecule has 110 valence electrons. The number of fused-ring (bicyclic) bond motifs is 1. The highest BCUT2D eigenvalue weighted by atomic mass is 35.5. The second-order valence-electron chi connectivity index (χ2n) is 5.60. The predicted molar refractivity (Wildman–Crippen MR) is 78.1 cm³/mol. The Balaban J connectivity index is 1.59. The number of likely N-dealkylation sites (tertiary alicyclic amines) is 1. The molecule has 1 aliphatic carbocycles. The summed E-state index contributed by atoms with van der Waals surface area (Å²) < 4.78 is 2.05. The summed E-state index contributed by atoms with van der Waals surface area (Å²) in [5, 5.41) is 0.707. The zero-order valence-corrected chi connectivity index (χ0v) is 12.5. The molecule has 4 nitrogen and oxygen atoms in total. The molecule has 1 saturated heterocycles. The lowest BCUT2D eigenvalue weighted by Gasteiger charge is -2.17. The van der Waals surface area contributed by atoms with E-state index in [1.807, 2.05) is 36.7 Å². The molecule has 0 N–H and O–H groups in total. The van der Waals surface area contributed by atoms with Crippen LogP contribution in [0.5, 0.6) is 0 Å². The zero-order chi connectivity index (χ0) is 14.8. The maximum absolute atomic E-state index is 12.4. The molecule has 2 heterocycles. The van der Waals surface area contributed by atoms with Gasteiger partial charge in [0.2, 0.25) is 11.8 Å². The molecule has 1 fully saturated rings. The van der Waals surface area contributed by atoms with Gasteiger partial charge >= 0.3 is 0 Å². The lowest BCUT2D eigenvalue weighted by atomic mass is 9.85. The summed E-state index contributed by atoms with van der Waals surface area (Å²) in [5.74, 6) is -0.499. The Bertz CT molecular complexity index is 585. The van der Waals surface area contributed by atoms with Crippen molar-refractivity contribution in [2.24, 2.45) is 11.8 Å². The molecule has 2 atom stereocenters. The van der Waals surface area contributed by atoms with Gasteiger partial charge in [0.1, 0.15) is 6.54 Å². The fraction of sp³-hybridized carbons (Fsp3) is 0.438. The number of aryl methyl sites for hydroxylation is 1. The van der Waals surface area contributed by atoms with Crippen molar-refractivity contribution in [1.82, 2.24) is 4.90 Å². The van der Waals surface area contributed by atoms with Gasteiger partial charge in [0.15, 0.2) is 12.4 Å². The largest absolute Gasteiger partial charge is 0.282 e. The van der Waals surface area contributed by atoms with E-state index < -0.39 is 0 Å². The Kier molecular flexibility index (Phi) is 4.06. The summed E-state index contributed by atoms with van der Waals surface area (Å²) in [7, 11) is 0. The number of halogens is 1. The van der Waals surface area contributed by atoms with Crippen LogP contribution >= 0.6 is 11.6 Å². The van der Waals surface area contributed by atoms with E-state index in [2.05, 4.69) is 4.57 Å². The third kappa shape index (κ3) is 2.86. The summed E-state index contributed by atoms with van der Waals surface area (Å²) in [6, 6.07) is 5.90. The second kappa shape index (κ2) is 5.98. The minimum absolute atomic E-state index is 0.0246. The molecular formula is C16H18ClN2O2+. The number of rotatable bonds is 4. The van der Waals surface area contributed by atoms with E-state index in [1.54, 1.807) is 0 Å². The number of pyridine rings is 1. The van der Waals surface area contributed by atoms with Gasteiger partial charge in [-0.25, -0.2) is 4.57 Å². The van der Waals surface area contributed by atoms with E-state index in [4.69, 9.17) is 11.6 Å². The lowest BCUT2D eigenvalue weighted by Crippen LogP contribution is -2.37. The van der Waals surface area contributed by atoms with Gasteiger partial charge in [0.25, 0.3) is 0 Å². The number of allylic oxidation sites excluding steroid dienone is 2. The first-order valence-corrected chi connectivity index (χ1v) is 7.68. The molecule has 1 aromatic heterocycles. The molecule has 21 heavy (non-hydrogen) atoms. The summed E-state index contributed by atoms with van der Waals surface area (Å²) in [4.78, 5) is 26.1. The second-order valence-corrected chi connectivity index (χ2v) is 6.08. The molecule has 1 aliphatic heterocycles. The van der Waals surface area contributed by atoms with Crippen molar-refractivity contribution in [2.75, 3.05) is 6.54 Å². The van der Waals surface area contributed by atoms with Gasteiger partial charge < -0.3 is 0 Å². The standard InChI is InChI=1S/C16H18ClN2O2/c17-12-5-6-13-14(11-12)16(21)19(15(13)20)10-4-9-18-7-2-1-3-8-18/h1-3,5,7-8,13-14H,4,6,9-11H2/q+1/t13-,14-/m1/s1. The van der Waals surface area contributed by atoms with Crippen LogP contribution in [-0.2, 0) is 16.1 Å². The van der Waals surface area contributed by atoms with Crippen LogP contribution in [0.1, 0.15) is 19.3 Å². The number of carbonyl (C=O) groups excluding carboxylic acids is 2. The highest BCUT2D eigenvalue weighted by Gasteiger charge is 2.47. The summed E-state index contributed by atoms with van der Waals surface area (Å²) in [5.41, 5.74) is 0. The quantitative estimate of drug-likeness (QED) is 0.629. The first-order chi connectivity index (χ1) is 10.2. The van der Waals surface area contributed by atoms with Crippen molar-refractivity contribution >= 4 is 23.4 Å². The third-order valence-electron chi connectivity index (χ3n) is 4.24. The molecule has 0 aromatic carbocycles. The first kappa shape index (κ1) is 14.3. The zero-order valence-electron chi connectivity index (χ0n) is 11.7. The molecule has 0 saturated carbocycles. The Hall–Kier alpha value is -1.68. The van der Waals surface area contributed by atoms with Crippen LogP contribution in [0.2, 0.25) is 0 Å². The van der Waals surface area contributed by atoms with Gasteiger partial charge in [0.05, 0.1) is 11.8 Å². The molecule has 2 amide bonds. The SMILES string of the molecule is O=C1[C@@H]2CC=C(Cl)C[C@H]2C(=O)N1CCC[n+]1ccccc1. The molecule has 2 aliphatic rings. The molecule has 5 heteroatoms. The van der Waals surface area contributed by atoms with Gasteiger partial charge in [-0.3, -0.25) is 14.5 Å². The number of imide groups is 1. The van der Waals surface area contributed by atoms with E-state index in [0.29, 0.717) is 24.4 Å². The van der Waals surface area contributed by atoms with Gasteiger partial charge in [-0.15, -0.1) is 0 Å². The Labute approximate surface area is 129 Å². The minimum Gasteiger partial charge on any atom is -0.282 e. The Morgan fingerprint density at radius 2 is 1.86 bits per heavy atom. The molecule has 0 bridgehead atoms. The normalized spacial score (nSPS) is 25.0. The predicted octanol–water partition coefficient (Wildman–Crippen LogP) is 1.88. The van der Waals surface area contributed by atoms with Crippen LogP contribution in [0, 0.1) is 11.8 Å². The first-order valence-electron chi connectivity index (χ1n) is 7.30. The Morgan fingerprint density at radius 3 is 2.62 bits per heavy atom. The fourth-order valence-electron chi connectivity index (χ4n) is 3.11. The maximum Gasteiger partial charge on any atom is 0.233 e. The molecule has 3 rings (SSSR count). The van der Waals surface area contributed by atoms with Crippen molar-refractivity contribution in [2.45, 2.75) is 25.8 Å². The molecular weight excluding hydrogens is 288 g/mol. The van der Waals surface area contributed by atoms with Crippen LogP contribution < -0.4 is 4.57 Å². The number of hydrogen-bond donors (Lipinski definition) is 0. The maximum atomic E-state index is 12.4. The van der Waals surface area contributed by atoms with Crippen molar-refractivity contribution in [3.8, 4) is 0 Å². The summed E-state index contributed by atoms with van der Waals surface area (Å²) in [6.45, 7) is 1.29. The van der Waals surface area contributed by atoms with E-state index in [0.717, 1.165) is 13.0 Å². The van der Waals surface area contributed by atoms with Gasteiger partial charge in [-0.05, 0) is 12.8 Å². The third-order valence-corrected chi connectivity index (χ3v) is 4.54. The van der Waals surface area contributed by atoms with Gasteiger partial charge in [-0.1, -0.05) is 23.7 Å². The van der Waals surface area contributed by atoms with Crippen molar-refractivity contribution < 1.29 is 14.2 Å². The topological polar surface area (TPSA) is 41.3 Å². The number of nitrogens with zero attached hydrogens (tertiary/aromatic N) is 2. The van der Waals surface area contributed by atoms with E-state index in [1.165, 1.54) is 4.90 Å². The smallest absolute Gasteiger partial charge is 0.233 e. The van der Waals surface area contributed by atoms with Crippen LogP contribution in [0.3, 0.4) is 0 Å². The van der Waals surface area contributed by atoms with E-state index in [-0.39, 0.29) is 23.7 Å². The van der Waals surface area contributed by atoms with Crippen molar-refractivity contribution in [3.05, 3.63) is 41.7 Å². The Morgan fingerprint density at radius 1 is 1.14 bits per heavy atom. The summed E-state index contributed by atoms with van der Waals surface area (Å²) in [6.07, 6.45) is 7.72. The molecule has 1 aromatic rings. The number of hydrogen-bond acceptors (Lipinski definition) is 2. The van der Waals surface area contributed by atoms with Gasteiger partial charge in [0, 0.05) is 30.1 Å². The van der Waals surface area contributed by atoms with Crippen LogP contribution in [0.25, 0.3) is 0 Å². The number of carbonyl (C=O) groups is 2. The highest BCUT2D eigenvalue weighted by molar-refractivity contribution is 6.30. The average Bonchev–Trinajstić information content (AvgIpc) is 2.73. The monoisotopic (exact) mass is 305 g/mol. The fourth-order valence-corrected chi connectivity index (χ4v) is 3.37. The molecule has 0 unspecified atom stereocenters.